The zero-order valence-corrected chi connectivity index (χ0v) is 11.6. The van der Waals surface area contributed by atoms with Crippen LogP contribution in [-0.4, -0.2) is 22.8 Å². The van der Waals surface area contributed by atoms with E-state index in [1.807, 2.05) is 42.5 Å². The van der Waals surface area contributed by atoms with E-state index in [2.05, 4.69) is 5.16 Å². The molecule has 0 radical (unpaired) electrons. The van der Waals surface area contributed by atoms with E-state index < -0.39 is 0 Å². The molecule has 0 aliphatic heterocycles. The molecule has 0 saturated heterocycles. The number of nitrogens with zero attached hydrogens (tertiary/aromatic N) is 1. The SMILES string of the molecule is N/C(=N/O)c1cccc(COc2ccccc2CCO)c1. The van der Waals surface area contributed by atoms with Gasteiger partial charge in [0.25, 0.3) is 0 Å². The number of ether oxygens (including phenoxy) is 1. The first kappa shape index (κ1) is 14.9. The molecular formula is C16H18N2O3. The van der Waals surface area contributed by atoms with E-state index in [1.165, 1.54) is 0 Å². The van der Waals surface area contributed by atoms with Crippen molar-refractivity contribution in [2.45, 2.75) is 13.0 Å². The smallest absolute Gasteiger partial charge is 0.170 e. The second-order valence-corrected chi connectivity index (χ2v) is 4.56. The van der Waals surface area contributed by atoms with Crippen molar-refractivity contribution < 1.29 is 15.1 Å². The number of aliphatic hydroxyl groups is 1. The van der Waals surface area contributed by atoms with Gasteiger partial charge in [-0.2, -0.15) is 0 Å². The molecule has 0 amide bonds. The van der Waals surface area contributed by atoms with Gasteiger partial charge in [0.1, 0.15) is 12.4 Å². The zero-order valence-electron chi connectivity index (χ0n) is 11.6. The fourth-order valence-electron chi connectivity index (χ4n) is 2.01. The summed E-state index contributed by atoms with van der Waals surface area (Å²) in [6.45, 7) is 0.453. The van der Waals surface area contributed by atoms with Gasteiger partial charge >= 0.3 is 0 Å². The van der Waals surface area contributed by atoms with Crippen LogP contribution in [0.15, 0.2) is 53.7 Å². The Morgan fingerprint density at radius 3 is 2.71 bits per heavy atom. The van der Waals surface area contributed by atoms with Gasteiger partial charge in [-0.3, -0.25) is 0 Å². The maximum Gasteiger partial charge on any atom is 0.170 e. The number of aliphatic hydroxyl groups excluding tert-OH is 1. The van der Waals surface area contributed by atoms with Crippen LogP contribution in [-0.2, 0) is 13.0 Å². The predicted octanol–water partition coefficient (Wildman–Crippen LogP) is 1.89. The number of amidine groups is 1. The predicted molar refractivity (Wildman–Crippen MR) is 80.5 cm³/mol. The molecule has 21 heavy (non-hydrogen) atoms. The summed E-state index contributed by atoms with van der Waals surface area (Å²) in [5.74, 6) is 0.818. The summed E-state index contributed by atoms with van der Waals surface area (Å²) < 4.78 is 5.79. The molecule has 0 aliphatic carbocycles. The van der Waals surface area contributed by atoms with Crippen molar-refractivity contribution in [1.29, 1.82) is 0 Å². The minimum Gasteiger partial charge on any atom is -0.489 e. The zero-order chi connectivity index (χ0) is 15.1. The molecule has 4 N–H and O–H groups in total. The summed E-state index contributed by atoms with van der Waals surface area (Å²) in [6.07, 6.45) is 0.556. The Bertz CT molecular complexity index is 626. The van der Waals surface area contributed by atoms with Gasteiger partial charge in [-0.05, 0) is 29.7 Å². The van der Waals surface area contributed by atoms with Crippen LogP contribution in [0.2, 0.25) is 0 Å². The standard InChI is InChI=1S/C16H18N2O3/c17-16(18-20)14-6-3-4-12(10-14)11-21-15-7-2-1-5-13(15)8-9-19/h1-7,10,19-20H,8-9,11H2,(H2,17,18). The highest BCUT2D eigenvalue weighted by molar-refractivity contribution is 5.97. The van der Waals surface area contributed by atoms with Crippen molar-refractivity contribution in [2.75, 3.05) is 6.61 Å². The highest BCUT2D eigenvalue weighted by atomic mass is 16.5. The average Bonchev–Trinajstić information content (AvgIpc) is 2.54. The number of rotatable bonds is 6. The molecule has 5 heteroatoms. The van der Waals surface area contributed by atoms with Gasteiger partial charge in [0.05, 0.1) is 0 Å². The lowest BCUT2D eigenvalue weighted by Crippen LogP contribution is -2.13. The van der Waals surface area contributed by atoms with Crippen LogP contribution in [0.5, 0.6) is 5.75 Å². The van der Waals surface area contributed by atoms with E-state index in [0.29, 0.717) is 18.6 Å². The third kappa shape index (κ3) is 3.97. The quantitative estimate of drug-likeness (QED) is 0.327. The molecule has 0 atom stereocenters. The molecule has 5 nitrogen and oxygen atoms in total. The molecular weight excluding hydrogens is 268 g/mol. The number of oxime groups is 1. The molecule has 0 aromatic heterocycles. The Labute approximate surface area is 123 Å². The van der Waals surface area contributed by atoms with E-state index >= 15 is 0 Å². The molecule has 0 saturated carbocycles. The summed E-state index contributed by atoms with van der Waals surface area (Å²) in [7, 11) is 0. The van der Waals surface area contributed by atoms with E-state index in [9.17, 15) is 0 Å². The van der Waals surface area contributed by atoms with Crippen LogP contribution < -0.4 is 10.5 Å². The Balaban J connectivity index is 2.10. The molecule has 2 aromatic rings. The van der Waals surface area contributed by atoms with Crippen LogP contribution in [0.4, 0.5) is 0 Å². The summed E-state index contributed by atoms with van der Waals surface area (Å²) >= 11 is 0. The molecule has 0 aliphatic rings. The van der Waals surface area contributed by atoms with Crippen molar-refractivity contribution in [3.05, 3.63) is 65.2 Å². The average molecular weight is 286 g/mol. The van der Waals surface area contributed by atoms with Gasteiger partial charge in [-0.25, -0.2) is 0 Å². The summed E-state index contributed by atoms with van der Waals surface area (Å²) in [6, 6.07) is 14.9. The van der Waals surface area contributed by atoms with Crippen molar-refractivity contribution in [2.24, 2.45) is 10.9 Å². The topological polar surface area (TPSA) is 88.1 Å². The Morgan fingerprint density at radius 2 is 1.95 bits per heavy atom. The van der Waals surface area contributed by atoms with Crippen molar-refractivity contribution in [3.8, 4) is 5.75 Å². The molecule has 0 fully saturated rings. The minimum atomic E-state index is 0.0672. The lowest BCUT2D eigenvalue weighted by molar-refractivity contribution is 0.284. The molecule has 0 heterocycles. The van der Waals surface area contributed by atoms with Crippen LogP contribution in [0.25, 0.3) is 0 Å². The van der Waals surface area contributed by atoms with Gasteiger partial charge in [-0.15, -0.1) is 0 Å². The number of para-hydroxylation sites is 1. The molecule has 0 unspecified atom stereocenters. The van der Waals surface area contributed by atoms with Gasteiger partial charge in [0, 0.05) is 12.2 Å². The highest BCUT2D eigenvalue weighted by Gasteiger charge is 2.04. The lowest BCUT2D eigenvalue weighted by Gasteiger charge is -2.11. The fraction of sp³-hybridized carbons (Fsp3) is 0.188. The molecule has 0 spiro atoms. The van der Waals surface area contributed by atoms with Gasteiger partial charge in [0.15, 0.2) is 5.84 Å². The minimum absolute atomic E-state index is 0.0672. The van der Waals surface area contributed by atoms with Crippen molar-refractivity contribution in [3.63, 3.8) is 0 Å². The maximum absolute atomic E-state index is 9.05. The first-order chi connectivity index (χ1) is 10.2. The second kappa shape index (κ2) is 7.31. The Kier molecular flexibility index (Phi) is 5.17. The van der Waals surface area contributed by atoms with Crippen LogP contribution >= 0.6 is 0 Å². The number of nitrogens with two attached hydrogens (primary N) is 1. The molecule has 0 bridgehead atoms. The molecule has 2 rings (SSSR count). The first-order valence-corrected chi connectivity index (χ1v) is 6.63. The fourth-order valence-corrected chi connectivity index (χ4v) is 2.01. The van der Waals surface area contributed by atoms with Gasteiger partial charge < -0.3 is 20.8 Å². The van der Waals surface area contributed by atoms with Crippen LogP contribution in [0.3, 0.4) is 0 Å². The number of hydrogen-bond acceptors (Lipinski definition) is 4. The summed E-state index contributed by atoms with van der Waals surface area (Å²) in [5, 5.41) is 20.7. The third-order valence-corrected chi connectivity index (χ3v) is 3.08. The van der Waals surface area contributed by atoms with Crippen molar-refractivity contribution in [1.82, 2.24) is 0 Å². The lowest BCUT2D eigenvalue weighted by atomic mass is 10.1. The number of benzene rings is 2. The van der Waals surface area contributed by atoms with Crippen LogP contribution in [0, 0.1) is 0 Å². The highest BCUT2D eigenvalue weighted by Crippen LogP contribution is 2.20. The molecule has 110 valence electrons. The monoisotopic (exact) mass is 286 g/mol. The van der Waals surface area contributed by atoms with Crippen LogP contribution in [0.1, 0.15) is 16.7 Å². The van der Waals surface area contributed by atoms with Gasteiger partial charge in [-0.1, -0.05) is 41.6 Å². The van der Waals surface area contributed by atoms with E-state index in [-0.39, 0.29) is 12.4 Å². The first-order valence-electron chi connectivity index (χ1n) is 6.63. The Hall–Kier alpha value is -2.53. The Morgan fingerprint density at radius 1 is 1.14 bits per heavy atom. The van der Waals surface area contributed by atoms with Crippen molar-refractivity contribution >= 4 is 5.84 Å². The van der Waals surface area contributed by atoms with E-state index in [1.54, 1.807) is 6.07 Å². The van der Waals surface area contributed by atoms with Gasteiger partial charge in [0.2, 0.25) is 0 Å². The maximum atomic E-state index is 9.05. The van der Waals surface area contributed by atoms with E-state index in [4.69, 9.17) is 20.8 Å². The third-order valence-electron chi connectivity index (χ3n) is 3.08. The number of hydrogen-bond donors (Lipinski definition) is 3. The summed E-state index contributed by atoms with van der Waals surface area (Å²) in [4.78, 5) is 0. The second-order valence-electron chi connectivity index (χ2n) is 4.56. The molecule has 2 aromatic carbocycles. The normalized spacial score (nSPS) is 11.4. The van der Waals surface area contributed by atoms with E-state index in [0.717, 1.165) is 16.9 Å². The summed E-state index contributed by atoms with van der Waals surface area (Å²) in [5.41, 5.74) is 8.09. The largest absolute Gasteiger partial charge is 0.489 e.